The number of nitrogens with zero attached hydrogens (tertiary/aromatic N) is 1. The molecule has 0 spiro atoms. The Morgan fingerprint density at radius 3 is 2.02 bits per heavy atom. The summed E-state index contributed by atoms with van der Waals surface area (Å²) < 4.78 is 22.5. The van der Waals surface area contributed by atoms with Crippen molar-refractivity contribution in [1.82, 2.24) is 0 Å². The lowest BCUT2D eigenvalue weighted by Gasteiger charge is -2.44. The molecule has 0 bridgehead atoms. The van der Waals surface area contributed by atoms with Gasteiger partial charge in [-0.3, -0.25) is 0 Å². The van der Waals surface area contributed by atoms with E-state index in [0.717, 1.165) is 6.08 Å². The Kier molecular flexibility index (Phi) is 9.62. The van der Waals surface area contributed by atoms with Crippen LogP contribution in [0.5, 0.6) is 0 Å². The van der Waals surface area contributed by atoms with Gasteiger partial charge in [0.2, 0.25) is 0 Å². The first-order chi connectivity index (χ1) is 19.2. The van der Waals surface area contributed by atoms with Crippen LogP contribution in [-0.4, -0.2) is 99.2 Å². The van der Waals surface area contributed by atoms with Gasteiger partial charge in [0.25, 0.3) is 0 Å². The first-order valence-corrected chi connectivity index (χ1v) is 12.5. The molecule has 12 nitrogen and oxygen atoms in total. The first kappa shape index (κ1) is 29.3. The minimum Gasteiger partial charge on any atom is -0.455 e. The molecule has 0 radical (unpaired) electrons. The molecule has 5 N–H and O–H groups in total. The average Bonchev–Trinajstić information content (AvgIpc) is 2.98. The number of hydrogen-bond donors (Lipinski definition) is 5. The van der Waals surface area contributed by atoms with Crippen molar-refractivity contribution in [1.29, 1.82) is 5.26 Å². The molecule has 2 aromatic rings. The molecule has 2 aromatic carbocycles. The van der Waals surface area contributed by atoms with Gasteiger partial charge >= 0.3 is 11.9 Å². The van der Waals surface area contributed by atoms with E-state index >= 15 is 0 Å². The maximum Gasteiger partial charge on any atom is 0.338 e. The number of carbonyl (C=O) groups is 2. The fourth-order valence-electron chi connectivity index (χ4n) is 4.59. The monoisotopic (exact) mass is 555 g/mol. The van der Waals surface area contributed by atoms with Gasteiger partial charge in [0, 0.05) is 18.1 Å². The zero-order chi connectivity index (χ0) is 28.8. The molecular weight excluding hydrogens is 526 g/mol. The summed E-state index contributed by atoms with van der Waals surface area (Å²) in [5, 5.41) is 60.8. The number of benzene rings is 2. The Morgan fingerprint density at radius 2 is 1.48 bits per heavy atom. The van der Waals surface area contributed by atoms with E-state index < -0.39 is 73.7 Å². The second-order valence-electron chi connectivity index (χ2n) is 9.32. The molecule has 0 aromatic heterocycles. The molecule has 12 heteroatoms. The van der Waals surface area contributed by atoms with E-state index in [1.165, 1.54) is 24.3 Å². The molecule has 40 heavy (non-hydrogen) atoms. The highest BCUT2D eigenvalue weighted by Gasteiger charge is 2.50. The maximum atomic E-state index is 12.9. The van der Waals surface area contributed by atoms with Gasteiger partial charge in [0.15, 0.2) is 12.4 Å². The summed E-state index contributed by atoms with van der Waals surface area (Å²) in [5.41, 5.74) is 0.292. The van der Waals surface area contributed by atoms with Crippen molar-refractivity contribution in [2.45, 2.75) is 61.5 Å². The van der Waals surface area contributed by atoms with Crippen molar-refractivity contribution < 1.29 is 54.1 Å². The van der Waals surface area contributed by atoms with Crippen molar-refractivity contribution >= 4 is 11.9 Å². The third-order valence-electron chi connectivity index (χ3n) is 6.74. The highest BCUT2D eigenvalue weighted by Crippen LogP contribution is 2.35. The van der Waals surface area contributed by atoms with Crippen LogP contribution in [-0.2, 0) is 18.9 Å². The molecule has 9 atom stereocenters. The van der Waals surface area contributed by atoms with Gasteiger partial charge < -0.3 is 44.5 Å². The number of carbonyl (C=O) groups excluding carboxylic acids is 2. The molecular formula is C28H29NO11. The van der Waals surface area contributed by atoms with Crippen LogP contribution in [0, 0.1) is 11.3 Å². The fraction of sp³-hybridized carbons (Fsp3) is 0.393. The van der Waals surface area contributed by atoms with Gasteiger partial charge in [0.05, 0.1) is 29.9 Å². The Hall–Kier alpha value is -3.67. The first-order valence-electron chi connectivity index (χ1n) is 12.5. The Bertz CT molecular complexity index is 1230. The van der Waals surface area contributed by atoms with Crippen molar-refractivity contribution in [3.05, 3.63) is 83.4 Å². The summed E-state index contributed by atoms with van der Waals surface area (Å²) in [6, 6.07) is 17.7. The summed E-state index contributed by atoms with van der Waals surface area (Å²) in [5.74, 6) is -1.59. The zero-order valence-electron chi connectivity index (χ0n) is 21.1. The van der Waals surface area contributed by atoms with E-state index in [2.05, 4.69) is 0 Å². The molecule has 2 fully saturated rings. The predicted molar refractivity (Wildman–Crippen MR) is 134 cm³/mol. The number of nitriles is 1. The molecule has 212 valence electrons. The number of esters is 2. The fourth-order valence-corrected chi connectivity index (χ4v) is 4.59. The number of rotatable bonds is 7. The standard InChI is InChI=1S/C28H29NO11/c29-12-11-17-18(38-28-24(34)23(33)22(32)20(14-30)39-28)13-19(37-26(35)15-7-3-1-4-8-15)25(21(17)31)40-27(36)16-9-5-2-6-10-16/h1-11,18-25,28,30-34H,13-14H2/b17-11+/t18?,19-,20+,21-,22+,23-,24+,25-,28+/m0/s1. The Labute approximate surface area is 229 Å². The third-order valence-corrected chi connectivity index (χ3v) is 6.74. The Morgan fingerprint density at radius 1 is 0.900 bits per heavy atom. The quantitative estimate of drug-likeness (QED) is 0.224. The van der Waals surface area contributed by atoms with Gasteiger partial charge in [-0.1, -0.05) is 36.4 Å². The second-order valence-corrected chi connectivity index (χ2v) is 9.32. The summed E-state index contributed by atoms with van der Waals surface area (Å²) in [6.07, 6.45) is -13.0. The molecule has 1 saturated carbocycles. The Balaban J connectivity index is 1.63. The third kappa shape index (κ3) is 6.38. The molecule has 1 heterocycles. The van der Waals surface area contributed by atoms with E-state index in [0.29, 0.717) is 0 Å². The van der Waals surface area contributed by atoms with Crippen LogP contribution >= 0.6 is 0 Å². The predicted octanol–water partition coefficient (Wildman–Crippen LogP) is -0.163. The van der Waals surface area contributed by atoms with E-state index in [1.54, 1.807) is 42.5 Å². The van der Waals surface area contributed by atoms with E-state index in [1.807, 2.05) is 0 Å². The van der Waals surface area contributed by atoms with Gasteiger partial charge in [-0.05, 0) is 24.3 Å². The molecule has 1 aliphatic carbocycles. The van der Waals surface area contributed by atoms with E-state index in [4.69, 9.17) is 18.9 Å². The number of ether oxygens (including phenoxy) is 4. The van der Waals surface area contributed by atoms with Crippen molar-refractivity contribution in [3.8, 4) is 6.07 Å². The average molecular weight is 556 g/mol. The molecule has 1 unspecified atom stereocenters. The minimum atomic E-state index is -1.77. The van der Waals surface area contributed by atoms with Crippen LogP contribution in [0.1, 0.15) is 27.1 Å². The van der Waals surface area contributed by atoms with Gasteiger partial charge in [-0.2, -0.15) is 5.26 Å². The van der Waals surface area contributed by atoms with Crippen LogP contribution in [0.4, 0.5) is 0 Å². The molecule has 2 aliphatic rings. The zero-order valence-corrected chi connectivity index (χ0v) is 21.1. The lowest BCUT2D eigenvalue weighted by molar-refractivity contribution is -0.312. The van der Waals surface area contributed by atoms with Crippen molar-refractivity contribution in [2.75, 3.05) is 6.61 Å². The molecule has 0 amide bonds. The topological polar surface area (TPSA) is 196 Å². The second kappa shape index (κ2) is 13.1. The van der Waals surface area contributed by atoms with Crippen LogP contribution in [0.3, 0.4) is 0 Å². The number of allylic oxidation sites excluding steroid dienone is 1. The SMILES string of the molecule is N#C/C=C1\C(O[C@@H]2O[C@H](CO)[C@@H](O)[C@H](O)[C@H]2O)C[C@H](OC(=O)c2ccccc2)[C@H](OC(=O)c2ccccc2)[C@H]1O. The molecule has 1 saturated heterocycles. The number of aliphatic hydroxyl groups excluding tert-OH is 5. The van der Waals surface area contributed by atoms with Crippen LogP contribution in [0.25, 0.3) is 0 Å². The lowest BCUT2D eigenvalue weighted by atomic mass is 9.84. The molecule has 4 rings (SSSR count). The van der Waals surface area contributed by atoms with Crippen LogP contribution in [0.2, 0.25) is 0 Å². The minimum absolute atomic E-state index is 0.0719. The maximum absolute atomic E-state index is 12.9. The highest BCUT2D eigenvalue weighted by molar-refractivity contribution is 5.90. The summed E-state index contributed by atoms with van der Waals surface area (Å²) >= 11 is 0. The van der Waals surface area contributed by atoms with Crippen molar-refractivity contribution in [3.63, 3.8) is 0 Å². The van der Waals surface area contributed by atoms with Crippen LogP contribution < -0.4 is 0 Å². The largest absolute Gasteiger partial charge is 0.455 e. The van der Waals surface area contributed by atoms with Gasteiger partial charge in [-0.25, -0.2) is 9.59 Å². The van der Waals surface area contributed by atoms with Gasteiger partial charge in [0.1, 0.15) is 36.6 Å². The van der Waals surface area contributed by atoms with Crippen molar-refractivity contribution in [2.24, 2.45) is 0 Å². The molecule has 1 aliphatic heterocycles. The summed E-state index contributed by atoms with van der Waals surface area (Å²) in [7, 11) is 0. The summed E-state index contributed by atoms with van der Waals surface area (Å²) in [6.45, 7) is -0.701. The number of aliphatic hydroxyl groups is 5. The highest BCUT2D eigenvalue weighted by atomic mass is 16.7. The smallest absolute Gasteiger partial charge is 0.338 e. The van der Waals surface area contributed by atoms with Crippen LogP contribution in [0.15, 0.2) is 72.3 Å². The lowest BCUT2D eigenvalue weighted by Crippen LogP contribution is -2.61. The summed E-state index contributed by atoms with van der Waals surface area (Å²) in [4.78, 5) is 25.8. The van der Waals surface area contributed by atoms with Gasteiger partial charge in [-0.15, -0.1) is 0 Å². The normalized spacial score (nSPS) is 33.1. The number of hydrogen-bond acceptors (Lipinski definition) is 12. The van der Waals surface area contributed by atoms with E-state index in [-0.39, 0.29) is 23.1 Å². The van der Waals surface area contributed by atoms with E-state index in [9.17, 15) is 40.4 Å².